The van der Waals surface area contributed by atoms with Gasteiger partial charge in [0.05, 0.1) is 14.2 Å². The fourth-order valence-corrected chi connectivity index (χ4v) is 1.54. The molecule has 2 N–H and O–H groups in total. The Morgan fingerprint density at radius 1 is 1.30 bits per heavy atom. The van der Waals surface area contributed by atoms with Crippen LogP contribution >= 0.6 is 0 Å². The standard InChI is InChI=1S/C14H18N2O4/c1-4-7-15-14(18)16-9-10-5-6-12(19-2)11(8-10)13(17)20-3/h4-6,8H,1,7,9H2,2-3H3,(H2,15,16,18). The van der Waals surface area contributed by atoms with Gasteiger partial charge in [0.1, 0.15) is 11.3 Å². The molecule has 0 saturated carbocycles. The first-order valence-electron chi connectivity index (χ1n) is 6.00. The minimum atomic E-state index is -0.486. The molecule has 0 fully saturated rings. The van der Waals surface area contributed by atoms with Crippen molar-refractivity contribution >= 4 is 12.0 Å². The van der Waals surface area contributed by atoms with Crippen LogP contribution in [0.2, 0.25) is 0 Å². The Morgan fingerprint density at radius 3 is 2.65 bits per heavy atom. The largest absolute Gasteiger partial charge is 0.496 e. The molecule has 0 aromatic heterocycles. The summed E-state index contributed by atoms with van der Waals surface area (Å²) in [5, 5.41) is 5.25. The van der Waals surface area contributed by atoms with Crippen molar-refractivity contribution in [2.75, 3.05) is 20.8 Å². The Bertz CT molecular complexity index is 500. The van der Waals surface area contributed by atoms with Crippen molar-refractivity contribution in [3.63, 3.8) is 0 Å². The Morgan fingerprint density at radius 2 is 2.05 bits per heavy atom. The van der Waals surface area contributed by atoms with Crippen LogP contribution in [0.5, 0.6) is 5.75 Å². The predicted molar refractivity (Wildman–Crippen MR) is 74.8 cm³/mol. The van der Waals surface area contributed by atoms with E-state index in [0.717, 1.165) is 5.56 Å². The van der Waals surface area contributed by atoms with Gasteiger partial charge in [-0.1, -0.05) is 12.1 Å². The van der Waals surface area contributed by atoms with Gasteiger partial charge in [0.25, 0.3) is 0 Å². The molecule has 0 bridgehead atoms. The number of hydrogen-bond donors (Lipinski definition) is 2. The van der Waals surface area contributed by atoms with Crippen LogP contribution in [-0.2, 0) is 11.3 Å². The molecule has 1 aromatic rings. The summed E-state index contributed by atoms with van der Waals surface area (Å²) in [6, 6.07) is 4.74. The van der Waals surface area contributed by atoms with E-state index >= 15 is 0 Å². The number of urea groups is 1. The van der Waals surface area contributed by atoms with E-state index in [-0.39, 0.29) is 12.6 Å². The van der Waals surface area contributed by atoms with Crippen LogP contribution in [0, 0.1) is 0 Å². The van der Waals surface area contributed by atoms with E-state index < -0.39 is 5.97 Å². The van der Waals surface area contributed by atoms with Crippen LogP contribution in [0.4, 0.5) is 4.79 Å². The molecular weight excluding hydrogens is 260 g/mol. The molecule has 1 aromatic carbocycles. The molecule has 0 aliphatic carbocycles. The lowest BCUT2D eigenvalue weighted by atomic mass is 10.1. The smallest absolute Gasteiger partial charge is 0.341 e. The topological polar surface area (TPSA) is 76.7 Å². The highest BCUT2D eigenvalue weighted by Gasteiger charge is 2.13. The Balaban J connectivity index is 2.74. The zero-order valence-corrected chi connectivity index (χ0v) is 11.6. The second kappa shape index (κ2) is 7.83. The van der Waals surface area contributed by atoms with E-state index in [9.17, 15) is 9.59 Å². The molecule has 6 heteroatoms. The Kier molecular flexibility index (Phi) is 6.09. The summed E-state index contributed by atoms with van der Waals surface area (Å²) in [4.78, 5) is 23.0. The van der Waals surface area contributed by atoms with Gasteiger partial charge in [0, 0.05) is 13.1 Å². The van der Waals surface area contributed by atoms with E-state index in [1.54, 1.807) is 24.3 Å². The maximum Gasteiger partial charge on any atom is 0.341 e. The van der Waals surface area contributed by atoms with Gasteiger partial charge in [-0.05, 0) is 17.7 Å². The summed E-state index contributed by atoms with van der Waals surface area (Å²) in [5.74, 6) is -0.0588. The van der Waals surface area contributed by atoms with E-state index in [0.29, 0.717) is 17.9 Å². The van der Waals surface area contributed by atoms with Crippen molar-refractivity contribution in [2.45, 2.75) is 6.54 Å². The number of nitrogens with one attached hydrogen (secondary N) is 2. The molecule has 108 valence electrons. The summed E-state index contributed by atoms with van der Waals surface area (Å²) in [5.41, 5.74) is 1.08. The van der Waals surface area contributed by atoms with Gasteiger partial charge in [-0.2, -0.15) is 0 Å². The van der Waals surface area contributed by atoms with Crippen LogP contribution in [-0.4, -0.2) is 32.8 Å². The third-order valence-corrected chi connectivity index (χ3v) is 2.53. The molecule has 0 atom stereocenters. The second-order valence-corrected chi connectivity index (χ2v) is 3.88. The van der Waals surface area contributed by atoms with Gasteiger partial charge in [0.15, 0.2) is 0 Å². The lowest BCUT2D eigenvalue weighted by Crippen LogP contribution is -2.35. The average molecular weight is 278 g/mol. The number of ether oxygens (including phenoxy) is 2. The molecule has 0 unspecified atom stereocenters. The molecule has 0 saturated heterocycles. The monoisotopic (exact) mass is 278 g/mol. The Labute approximate surface area is 117 Å². The van der Waals surface area contributed by atoms with Gasteiger partial charge in [-0.15, -0.1) is 6.58 Å². The first-order valence-corrected chi connectivity index (χ1v) is 6.00. The average Bonchev–Trinajstić information content (AvgIpc) is 2.49. The molecular formula is C14H18N2O4. The maximum atomic E-state index is 11.6. The predicted octanol–water partition coefficient (Wildman–Crippen LogP) is 1.47. The van der Waals surface area contributed by atoms with Crippen molar-refractivity contribution in [1.29, 1.82) is 0 Å². The maximum absolute atomic E-state index is 11.6. The highest BCUT2D eigenvalue weighted by molar-refractivity contribution is 5.92. The van der Waals surface area contributed by atoms with Crippen molar-refractivity contribution in [3.05, 3.63) is 42.0 Å². The fourth-order valence-electron chi connectivity index (χ4n) is 1.54. The molecule has 0 spiro atoms. The summed E-state index contributed by atoms with van der Waals surface area (Å²) in [6.45, 7) is 4.18. The minimum Gasteiger partial charge on any atom is -0.496 e. The molecule has 6 nitrogen and oxygen atoms in total. The van der Waals surface area contributed by atoms with Crippen LogP contribution in [0.1, 0.15) is 15.9 Å². The molecule has 0 heterocycles. The van der Waals surface area contributed by atoms with Crippen molar-refractivity contribution in [3.8, 4) is 5.75 Å². The third kappa shape index (κ3) is 4.31. The molecule has 0 radical (unpaired) electrons. The number of hydrogen-bond acceptors (Lipinski definition) is 4. The van der Waals surface area contributed by atoms with Crippen molar-refractivity contribution < 1.29 is 19.1 Å². The number of benzene rings is 1. The number of methoxy groups -OCH3 is 2. The first-order chi connectivity index (χ1) is 9.62. The number of esters is 1. The zero-order valence-electron chi connectivity index (χ0n) is 11.6. The number of rotatable bonds is 6. The van der Waals surface area contributed by atoms with Crippen LogP contribution in [0.15, 0.2) is 30.9 Å². The van der Waals surface area contributed by atoms with Crippen LogP contribution < -0.4 is 15.4 Å². The van der Waals surface area contributed by atoms with Crippen molar-refractivity contribution in [2.24, 2.45) is 0 Å². The molecule has 1 rings (SSSR count). The minimum absolute atomic E-state index is 0.289. The molecule has 0 aliphatic heterocycles. The van der Waals surface area contributed by atoms with Crippen LogP contribution in [0.3, 0.4) is 0 Å². The van der Waals surface area contributed by atoms with E-state index in [2.05, 4.69) is 21.9 Å². The summed E-state index contributed by atoms with van der Waals surface area (Å²) >= 11 is 0. The molecule has 0 aliphatic rings. The van der Waals surface area contributed by atoms with Gasteiger partial charge in [-0.25, -0.2) is 9.59 Å². The summed E-state index contributed by atoms with van der Waals surface area (Å²) in [7, 11) is 2.78. The summed E-state index contributed by atoms with van der Waals surface area (Å²) in [6.07, 6.45) is 1.59. The lowest BCUT2D eigenvalue weighted by Gasteiger charge is -2.10. The fraction of sp³-hybridized carbons (Fsp3) is 0.286. The van der Waals surface area contributed by atoms with E-state index in [1.807, 2.05) is 0 Å². The van der Waals surface area contributed by atoms with Gasteiger partial charge in [0.2, 0.25) is 0 Å². The van der Waals surface area contributed by atoms with Gasteiger partial charge >= 0.3 is 12.0 Å². The Hall–Kier alpha value is -2.50. The number of amides is 2. The van der Waals surface area contributed by atoms with Gasteiger partial charge in [-0.3, -0.25) is 0 Å². The molecule has 20 heavy (non-hydrogen) atoms. The number of carbonyl (C=O) groups excluding carboxylic acids is 2. The highest BCUT2D eigenvalue weighted by Crippen LogP contribution is 2.20. The van der Waals surface area contributed by atoms with Crippen molar-refractivity contribution in [1.82, 2.24) is 10.6 Å². The lowest BCUT2D eigenvalue weighted by molar-refractivity contribution is 0.0597. The zero-order chi connectivity index (χ0) is 15.0. The van der Waals surface area contributed by atoms with Crippen LogP contribution in [0.25, 0.3) is 0 Å². The quantitative estimate of drug-likeness (QED) is 0.610. The van der Waals surface area contributed by atoms with E-state index in [1.165, 1.54) is 14.2 Å². The van der Waals surface area contributed by atoms with E-state index in [4.69, 9.17) is 4.74 Å². The molecule has 2 amide bonds. The second-order valence-electron chi connectivity index (χ2n) is 3.88. The SMILES string of the molecule is C=CCNC(=O)NCc1ccc(OC)c(C(=O)OC)c1. The highest BCUT2D eigenvalue weighted by atomic mass is 16.5. The van der Waals surface area contributed by atoms with Gasteiger partial charge < -0.3 is 20.1 Å². The number of carbonyl (C=O) groups is 2. The first kappa shape index (κ1) is 15.6. The third-order valence-electron chi connectivity index (χ3n) is 2.53. The summed E-state index contributed by atoms with van der Waals surface area (Å²) < 4.78 is 9.77. The normalized spacial score (nSPS) is 9.50.